The molecule has 0 saturated carbocycles. The van der Waals surface area contributed by atoms with E-state index in [-0.39, 0.29) is 11.8 Å². The summed E-state index contributed by atoms with van der Waals surface area (Å²) in [6, 6.07) is 14.5. The molecule has 0 saturated heterocycles. The molecule has 1 atom stereocenters. The van der Waals surface area contributed by atoms with Gasteiger partial charge in [-0.1, -0.05) is 30.0 Å². The van der Waals surface area contributed by atoms with Crippen molar-refractivity contribution in [3.05, 3.63) is 48.5 Å². The molecule has 2 aromatic rings. The highest BCUT2D eigenvalue weighted by atomic mass is 32.2. The Bertz CT molecular complexity index is 778. The Morgan fingerprint density at radius 1 is 1.22 bits per heavy atom. The maximum atomic E-state index is 12.7. The molecule has 0 aliphatic carbocycles. The average Bonchev–Trinajstić information content (AvgIpc) is 2.56. The van der Waals surface area contributed by atoms with Crippen molar-refractivity contribution in [1.82, 2.24) is 0 Å². The van der Waals surface area contributed by atoms with Gasteiger partial charge in [0.1, 0.15) is 5.75 Å². The number of carbonyl (C=O) groups is 2. The summed E-state index contributed by atoms with van der Waals surface area (Å²) in [6.45, 7) is 1.62. The van der Waals surface area contributed by atoms with Crippen molar-refractivity contribution in [2.45, 2.75) is 16.6 Å². The van der Waals surface area contributed by atoms with Crippen LogP contribution in [0.3, 0.4) is 0 Å². The van der Waals surface area contributed by atoms with Crippen LogP contribution in [0, 0.1) is 0 Å². The lowest BCUT2D eigenvalue weighted by Gasteiger charge is -2.31. The Morgan fingerprint density at radius 2 is 2.00 bits per heavy atom. The second kappa shape index (κ2) is 5.96. The van der Waals surface area contributed by atoms with Gasteiger partial charge in [0, 0.05) is 16.6 Å². The number of rotatable bonds is 3. The van der Waals surface area contributed by atoms with Crippen molar-refractivity contribution >= 4 is 35.0 Å². The average molecular weight is 328 g/mol. The molecule has 3 rings (SSSR count). The third-order valence-electron chi connectivity index (χ3n) is 3.64. The molecule has 0 aromatic heterocycles. The van der Waals surface area contributed by atoms with E-state index in [0.29, 0.717) is 11.4 Å². The molecule has 0 spiro atoms. The van der Waals surface area contributed by atoms with Crippen molar-refractivity contribution in [3.8, 4) is 5.75 Å². The van der Waals surface area contributed by atoms with E-state index < -0.39 is 4.75 Å². The number of benzene rings is 2. The van der Waals surface area contributed by atoms with Crippen LogP contribution in [0.1, 0.15) is 6.92 Å². The van der Waals surface area contributed by atoms with Gasteiger partial charge in [-0.15, -0.1) is 0 Å². The van der Waals surface area contributed by atoms with Crippen LogP contribution in [0.2, 0.25) is 0 Å². The summed E-state index contributed by atoms with van der Waals surface area (Å²) in [4.78, 5) is 26.0. The third-order valence-corrected chi connectivity index (χ3v) is 5.00. The molecule has 0 bridgehead atoms. The molecule has 0 unspecified atom stereocenters. The Labute approximate surface area is 138 Å². The minimum absolute atomic E-state index is 0.332. The Kier molecular flexibility index (Phi) is 4.00. The first kappa shape index (κ1) is 15.4. The van der Waals surface area contributed by atoms with E-state index in [9.17, 15) is 9.59 Å². The summed E-state index contributed by atoms with van der Waals surface area (Å²) in [5.74, 6) is -0.0663. The van der Waals surface area contributed by atoms with Gasteiger partial charge >= 0.3 is 0 Å². The fourth-order valence-electron chi connectivity index (χ4n) is 2.27. The Balaban J connectivity index is 1.85. The van der Waals surface area contributed by atoms with Crippen molar-refractivity contribution in [2.75, 3.05) is 17.7 Å². The quantitative estimate of drug-likeness (QED) is 0.850. The second-order valence-electron chi connectivity index (χ2n) is 5.27. The van der Waals surface area contributed by atoms with Crippen molar-refractivity contribution in [2.24, 2.45) is 0 Å². The molecule has 1 heterocycles. The monoisotopic (exact) mass is 328 g/mol. The highest BCUT2D eigenvalue weighted by Crippen LogP contribution is 2.42. The summed E-state index contributed by atoms with van der Waals surface area (Å²) in [6.07, 6.45) is 0. The van der Waals surface area contributed by atoms with E-state index in [4.69, 9.17) is 4.74 Å². The van der Waals surface area contributed by atoms with E-state index in [2.05, 4.69) is 10.6 Å². The molecule has 0 radical (unpaired) electrons. The predicted molar refractivity (Wildman–Crippen MR) is 91.0 cm³/mol. The van der Waals surface area contributed by atoms with Crippen LogP contribution in [0.15, 0.2) is 53.4 Å². The molecule has 2 N–H and O–H groups in total. The first-order valence-electron chi connectivity index (χ1n) is 7.08. The molecule has 2 amide bonds. The van der Waals surface area contributed by atoms with Gasteiger partial charge in [0.25, 0.3) is 0 Å². The first-order chi connectivity index (χ1) is 11.0. The lowest BCUT2D eigenvalue weighted by Crippen LogP contribution is -2.49. The number of hydrogen-bond donors (Lipinski definition) is 2. The highest BCUT2D eigenvalue weighted by molar-refractivity contribution is 8.02. The molecule has 6 heteroatoms. The number of hydrogen-bond acceptors (Lipinski definition) is 4. The molecule has 1 aliphatic heterocycles. The van der Waals surface area contributed by atoms with Gasteiger partial charge in [0.15, 0.2) is 4.75 Å². The number of thioether (sulfide) groups is 1. The zero-order chi connectivity index (χ0) is 16.4. The Hall–Kier alpha value is -2.47. The van der Waals surface area contributed by atoms with Gasteiger partial charge in [-0.3, -0.25) is 9.59 Å². The molecular weight excluding hydrogens is 312 g/mol. The van der Waals surface area contributed by atoms with E-state index in [0.717, 1.165) is 10.6 Å². The van der Waals surface area contributed by atoms with Gasteiger partial charge in [-0.05, 0) is 31.2 Å². The number of ether oxygens (including phenoxy) is 1. The van der Waals surface area contributed by atoms with Crippen molar-refractivity contribution < 1.29 is 14.3 Å². The molecule has 2 aromatic carbocycles. The largest absolute Gasteiger partial charge is 0.497 e. The van der Waals surface area contributed by atoms with Crippen LogP contribution in [0.4, 0.5) is 11.4 Å². The number of methoxy groups -OCH3 is 1. The summed E-state index contributed by atoms with van der Waals surface area (Å²) < 4.78 is 3.90. The van der Waals surface area contributed by atoms with Gasteiger partial charge < -0.3 is 15.4 Å². The second-order valence-corrected chi connectivity index (χ2v) is 6.73. The molecule has 0 fully saturated rings. The summed E-state index contributed by atoms with van der Waals surface area (Å²) in [5.41, 5.74) is 1.32. The van der Waals surface area contributed by atoms with Crippen molar-refractivity contribution in [1.29, 1.82) is 0 Å². The highest BCUT2D eigenvalue weighted by Gasteiger charge is 2.45. The van der Waals surface area contributed by atoms with Gasteiger partial charge in [-0.2, -0.15) is 0 Å². The Morgan fingerprint density at radius 3 is 2.78 bits per heavy atom. The van der Waals surface area contributed by atoms with Gasteiger partial charge in [-0.25, -0.2) is 0 Å². The van der Waals surface area contributed by atoms with Crippen LogP contribution in [-0.2, 0) is 9.59 Å². The zero-order valence-corrected chi connectivity index (χ0v) is 13.6. The number of fused-ring (bicyclic) bond motifs is 1. The van der Waals surface area contributed by atoms with E-state index in [1.807, 2.05) is 24.3 Å². The summed E-state index contributed by atoms with van der Waals surface area (Å²) >= 11 is 1.25. The number of para-hydroxylation sites is 1. The SMILES string of the molecule is COc1cccc(NC(=O)[C@@]2(C)Sc3ccccc3NC2=O)c1. The number of anilines is 2. The fourth-order valence-corrected chi connectivity index (χ4v) is 3.37. The minimum atomic E-state index is -1.24. The smallest absolute Gasteiger partial charge is 0.250 e. The van der Waals surface area contributed by atoms with Gasteiger partial charge in [0.05, 0.1) is 12.8 Å². The molecule has 23 heavy (non-hydrogen) atoms. The normalized spacial score (nSPS) is 19.5. The first-order valence-corrected chi connectivity index (χ1v) is 7.89. The maximum Gasteiger partial charge on any atom is 0.250 e. The third kappa shape index (κ3) is 2.90. The molecule has 5 nitrogen and oxygen atoms in total. The fraction of sp³-hybridized carbons (Fsp3) is 0.176. The summed E-state index contributed by atoms with van der Waals surface area (Å²) in [5, 5.41) is 5.58. The number of nitrogens with one attached hydrogen (secondary N) is 2. The number of amides is 2. The lowest BCUT2D eigenvalue weighted by atomic mass is 10.1. The van der Waals surface area contributed by atoms with Crippen LogP contribution in [-0.4, -0.2) is 23.7 Å². The van der Waals surface area contributed by atoms with Crippen LogP contribution < -0.4 is 15.4 Å². The minimum Gasteiger partial charge on any atom is -0.497 e. The van der Waals surface area contributed by atoms with E-state index in [1.54, 1.807) is 38.3 Å². The van der Waals surface area contributed by atoms with Crippen LogP contribution >= 0.6 is 11.8 Å². The maximum absolute atomic E-state index is 12.7. The summed E-state index contributed by atoms with van der Waals surface area (Å²) in [7, 11) is 1.56. The number of carbonyl (C=O) groups excluding carboxylic acids is 2. The van der Waals surface area contributed by atoms with E-state index in [1.165, 1.54) is 11.8 Å². The topological polar surface area (TPSA) is 67.4 Å². The molecule has 1 aliphatic rings. The zero-order valence-electron chi connectivity index (χ0n) is 12.8. The molecular formula is C17H16N2O3S. The standard InChI is InChI=1S/C17H16N2O3S/c1-17(15(20)18-11-6-5-7-12(10-11)22-2)16(21)19-13-8-3-4-9-14(13)23-17/h3-10H,1-2H3,(H,18,20)(H,19,21)/t17-/m1/s1. The predicted octanol–water partition coefficient (Wildman–Crippen LogP) is 3.14. The van der Waals surface area contributed by atoms with Gasteiger partial charge in [0.2, 0.25) is 11.8 Å². The van der Waals surface area contributed by atoms with Crippen LogP contribution in [0.5, 0.6) is 5.75 Å². The molecule has 118 valence electrons. The lowest BCUT2D eigenvalue weighted by molar-refractivity contribution is -0.126. The van der Waals surface area contributed by atoms with Crippen molar-refractivity contribution in [3.63, 3.8) is 0 Å². The van der Waals surface area contributed by atoms with E-state index >= 15 is 0 Å². The van der Waals surface area contributed by atoms with Crippen LogP contribution in [0.25, 0.3) is 0 Å².